The molecule has 1 amide bonds. The van der Waals surface area contributed by atoms with Crippen LogP contribution in [0.1, 0.15) is 38.6 Å². The lowest BCUT2D eigenvalue weighted by Crippen LogP contribution is -2.41. The molecule has 0 bridgehead atoms. The molecule has 1 aromatic heterocycles. The highest BCUT2D eigenvalue weighted by Crippen LogP contribution is 2.21. The molecule has 7 heteroatoms. The lowest BCUT2D eigenvalue weighted by Gasteiger charge is -2.14. The number of nitrogens with one attached hydrogen (secondary N) is 2. The predicted molar refractivity (Wildman–Crippen MR) is 102 cm³/mol. The van der Waals surface area contributed by atoms with Crippen LogP contribution in [0.4, 0.5) is 0 Å². The minimum Gasteiger partial charge on any atom is -0.354 e. The van der Waals surface area contributed by atoms with Crippen molar-refractivity contribution in [1.82, 2.24) is 20.2 Å². The number of nitrogens with zero attached hydrogens (tertiary/aromatic N) is 2. The number of imidazole rings is 1. The Morgan fingerprint density at radius 2 is 2.12 bits per heavy atom. The Kier molecular flexibility index (Phi) is 8.00. The van der Waals surface area contributed by atoms with E-state index in [1.165, 1.54) is 0 Å². The van der Waals surface area contributed by atoms with Gasteiger partial charge in [0.05, 0.1) is 17.1 Å². The molecule has 0 saturated carbocycles. The third-order valence-electron chi connectivity index (χ3n) is 4.21. The van der Waals surface area contributed by atoms with Crippen LogP contribution in [-0.4, -0.2) is 34.6 Å². The van der Waals surface area contributed by atoms with Crippen molar-refractivity contribution < 1.29 is 4.79 Å². The quantitative estimate of drug-likeness (QED) is 0.847. The van der Waals surface area contributed by atoms with Gasteiger partial charge in [0.1, 0.15) is 5.82 Å². The van der Waals surface area contributed by atoms with Gasteiger partial charge in [0.15, 0.2) is 0 Å². The van der Waals surface area contributed by atoms with Gasteiger partial charge in [0.25, 0.3) is 0 Å². The van der Waals surface area contributed by atoms with Crippen LogP contribution in [0.3, 0.4) is 0 Å². The van der Waals surface area contributed by atoms with Crippen molar-refractivity contribution in [3.63, 3.8) is 0 Å². The fourth-order valence-corrected chi connectivity index (χ4v) is 3.18. The second-order valence-corrected chi connectivity index (χ2v) is 6.17. The Labute approximate surface area is 155 Å². The van der Waals surface area contributed by atoms with Gasteiger partial charge in [-0.15, -0.1) is 24.8 Å². The van der Waals surface area contributed by atoms with Crippen LogP contribution in [0, 0.1) is 0 Å². The van der Waals surface area contributed by atoms with Crippen molar-refractivity contribution in [3.8, 4) is 0 Å². The molecule has 0 radical (unpaired) electrons. The van der Waals surface area contributed by atoms with Gasteiger partial charge in [-0.2, -0.15) is 0 Å². The van der Waals surface area contributed by atoms with E-state index in [4.69, 9.17) is 4.98 Å². The van der Waals surface area contributed by atoms with E-state index in [2.05, 4.69) is 35.1 Å². The molecular weight excluding hydrogens is 347 g/mol. The summed E-state index contributed by atoms with van der Waals surface area (Å²) in [6.07, 6.45) is 2.78. The van der Waals surface area contributed by atoms with E-state index >= 15 is 0 Å². The van der Waals surface area contributed by atoms with Crippen LogP contribution in [0.15, 0.2) is 24.3 Å². The number of hydrogen-bond acceptors (Lipinski definition) is 3. The third-order valence-corrected chi connectivity index (χ3v) is 4.21. The highest BCUT2D eigenvalue weighted by molar-refractivity contribution is 5.85. The van der Waals surface area contributed by atoms with Crippen LogP contribution in [-0.2, 0) is 11.2 Å². The van der Waals surface area contributed by atoms with Crippen molar-refractivity contribution >= 4 is 41.8 Å². The van der Waals surface area contributed by atoms with Crippen molar-refractivity contribution in [3.05, 3.63) is 30.1 Å². The summed E-state index contributed by atoms with van der Waals surface area (Å²) < 4.78 is 2.26. The van der Waals surface area contributed by atoms with E-state index in [0.29, 0.717) is 12.6 Å². The summed E-state index contributed by atoms with van der Waals surface area (Å²) in [7, 11) is 0. The first-order valence-electron chi connectivity index (χ1n) is 8.14. The van der Waals surface area contributed by atoms with Gasteiger partial charge < -0.3 is 15.2 Å². The van der Waals surface area contributed by atoms with Crippen molar-refractivity contribution in [2.45, 2.75) is 45.2 Å². The minimum atomic E-state index is -0.0103. The molecule has 0 aliphatic carbocycles. The van der Waals surface area contributed by atoms with Crippen LogP contribution in [0.5, 0.6) is 0 Å². The summed E-state index contributed by atoms with van der Waals surface area (Å²) in [5.74, 6) is 1.15. The zero-order valence-electron chi connectivity index (χ0n) is 14.1. The summed E-state index contributed by atoms with van der Waals surface area (Å²) in [4.78, 5) is 16.7. The van der Waals surface area contributed by atoms with E-state index in [0.717, 1.165) is 42.7 Å². The molecule has 5 nitrogen and oxygen atoms in total. The van der Waals surface area contributed by atoms with Gasteiger partial charge in [-0.3, -0.25) is 4.79 Å². The van der Waals surface area contributed by atoms with Gasteiger partial charge in [-0.1, -0.05) is 12.1 Å². The first kappa shape index (κ1) is 20.7. The summed E-state index contributed by atoms with van der Waals surface area (Å²) in [5.41, 5.74) is 2.19. The molecule has 2 aromatic rings. The SMILES string of the molecule is CC(C)n1c(CCNC(=O)C2CCCN2)nc2ccccc21.Cl.Cl. The Morgan fingerprint density at radius 1 is 1.38 bits per heavy atom. The molecule has 1 saturated heterocycles. The average molecular weight is 373 g/mol. The molecule has 1 unspecified atom stereocenters. The van der Waals surface area contributed by atoms with Crippen molar-refractivity contribution in [1.29, 1.82) is 0 Å². The molecule has 1 aromatic carbocycles. The van der Waals surface area contributed by atoms with Gasteiger partial charge >= 0.3 is 0 Å². The molecule has 1 aliphatic heterocycles. The zero-order valence-corrected chi connectivity index (χ0v) is 15.8. The zero-order chi connectivity index (χ0) is 15.5. The number of amides is 1. The number of aromatic nitrogens is 2. The van der Waals surface area contributed by atoms with Crippen LogP contribution >= 0.6 is 24.8 Å². The summed E-state index contributed by atoms with van der Waals surface area (Å²) in [6.45, 7) is 5.91. The Morgan fingerprint density at radius 3 is 2.79 bits per heavy atom. The highest BCUT2D eigenvalue weighted by Gasteiger charge is 2.21. The number of carbonyl (C=O) groups excluding carboxylic acids is 1. The van der Waals surface area contributed by atoms with E-state index in [1.54, 1.807) is 0 Å². The molecular formula is C17H26Cl2N4O. The molecule has 2 N–H and O–H groups in total. The Bertz CT molecular complexity index is 666. The minimum absolute atomic E-state index is 0. The van der Waals surface area contributed by atoms with Gasteiger partial charge in [0, 0.05) is 19.0 Å². The molecule has 1 fully saturated rings. The number of fused-ring (bicyclic) bond motifs is 1. The van der Waals surface area contributed by atoms with E-state index in [1.807, 2.05) is 18.2 Å². The average Bonchev–Trinajstić information content (AvgIpc) is 3.14. The van der Waals surface area contributed by atoms with E-state index in [9.17, 15) is 4.79 Å². The van der Waals surface area contributed by atoms with Crippen LogP contribution in [0.25, 0.3) is 11.0 Å². The predicted octanol–water partition coefficient (Wildman–Crippen LogP) is 2.87. The number of carbonyl (C=O) groups is 1. The maximum Gasteiger partial charge on any atom is 0.237 e. The second-order valence-electron chi connectivity index (χ2n) is 6.17. The maximum absolute atomic E-state index is 12.0. The summed E-state index contributed by atoms with van der Waals surface area (Å²) in [5, 5.41) is 6.25. The van der Waals surface area contributed by atoms with Crippen molar-refractivity contribution in [2.75, 3.05) is 13.1 Å². The number of para-hydroxylation sites is 2. The van der Waals surface area contributed by atoms with Crippen LogP contribution in [0.2, 0.25) is 0 Å². The van der Waals surface area contributed by atoms with Gasteiger partial charge in [-0.25, -0.2) is 4.98 Å². The maximum atomic E-state index is 12.0. The first-order chi connectivity index (χ1) is 10.7. The normalized spacial score (nSPS) is 16.7. The Balaban J connectivity index is 0.00000144. The van der Waals surface area contributed by atoms with E-state index < -0.39 is 0 Å². The fourth-order valence-electron chi connectivity index (χ4n) is 3.18. The lowest BCUT2D eigenvalue weighted by molar-refractivity contribution is -0.122. The fraction of sp³-hybridized carbons (Fsp3) is 0.529. The largest absolute Gasteiger partial charge is 0.354 e. The molecule has 134 valence electrons. The molecule has 1 aliphatic rings. The topological polar surface area (TPSA) is 59.0 Å². The highest BCUT2D eigenvalue weighted by atomic mass is 35.5. The number of hydrogen-bond donors (Lipinski definition) is 2. The second kappa shape index (κ2) is 9.25. The molecule has 2 heterocycles. The standard InChI is InChI=1S/C17H24N4O.2ClH/c1-12(2)21-15-8-4-3-6-13(15)20-16(21)9-11-19-17(22)14-7-5-10-18-14;;/h3-4,6,8,12,14,18H,5,7,9-11H2,1-2H3,(H,19,22);2*1H. The molecule has 3 rings (SSSR count). The molecule has 24 heavy (non-hydrogen) atoms. The molecule has 1 atom stereocenters. The summed E-state index contributed by atoms with van der Waals surface area (Å²) >= 11 is 0. The van der Waals surface area contributed by atoms with Gasteiger partial charge in [0.2, 0.25) is 5.91 Å². The monoisotopic (exact) mass is 372 g/mol. The lowest BCUT2D eigenvalue weighted by atomic mass is 10.2. The van der Waals surface area contributed by atoms with Gasteiger partial charge in [-0.05, 0) is 45.4 Å². The summed E-state index contributed by atoms with van der Waals surface area (Å²) in [6, 6.07) is 8.54. The Hall–Kier alpha value is -1.30. The van der Waals surface area contributed by atoms with Crippen LogP contribution < -0.4 is 10.6 Å². The van der Waals surface area contributed by atoms with E-state index in [-0.39, 0.29) is 36.8 Å². The number of rotatable bonds is 5. The van der Waals surface area contributed by atoms with Crippen molar-refractivity contribution in [2.24, 2.45) is 0 Å². The molecule has 0 spiro atoms. The smallest absolute Gasteiger partial charge is 0.237 e. The first-order valence-corrected chi connectivity index (χ1v) is 8.14. The number of benzene rings is 1. The third kappa shape index (κ3) is 4.41. The number of halogens is 2.